The molecule has 1 aliphatic carbocycles. The Balaban J connectivity index is 2.18. The monoisotopic (exact) mass is 245 g/mol. The summed E-state index contributed by atoms with van der Waals surface area (Å²) < 4.78 is 0. The molecule has 18 heavy (non-hydrogen) atoms. The molecule has 1 N–H and O–H groups in total. The highest BCUT2D eigenvalue weighted by Gasteiger charge is 2.26. The number of nitro groups is 1. The van der Waals surface area contributed by atoms with Gasteiger partial charge in [0.25, 0.3) is 5.69 Å². The summed E-state index contributed by atoms with van der Waals surface area (Å²) in [7, 11) is 0. The highest BCUT2D eigenvalue weighted by atomic mass is 16.6. The molecular weight excluding hydrogens is 230 g/mol. The lowest BCUT2D eigenvalue weighted by atomic mass is 9.85. The summed E-state index contributed by atoms with van der Waals surface area (Å²) in [6.45, 7) is 0. The van der Waals surface area contributed by atoms with Crippen LogP contribution in [-0.4, -0.2) is 15.6 Å². The molecule has 0 atom stereocenters. The summed E-state index contributed by atoms with van der Waals surface area (Å²) in [5.74, 6) is 5.71. The molecule has 0 aromatic heterocycles. The fourth-order valence-corrected chi connectivity index (χ4v) is 2.15. The van der Waals surface area contributed by atoms with Crippen LogP contribution in [0.25, 0.3) is 0 Å². The first-order chi connectivity index (χ1) is 8.59. The van der Waals surface area contributed by atoms with E-state index in [2.05, 4.69) is 11.8 Å². The Labute approximate surface area is 106 Å². The molecule has 0 unspecified atom stereocenters. The van der Waals surface area contributed by atoms with Crippen LogP contribution in [0.4, 0.5) is 5.69 Å². The van der Waals surface area contributed by atoms with E-state index in [9.17, 15) is 15.2 Å². The lowest BCUT2D eigenvalue weighted by Gasteiger charge is -2.26. The van der Waals surface area contributed by atoms with Crippen molar-refractivity contribution in [2.24, 2.45) is 0 Å². The van der Waals surface area contributed by atoms with Crippen LogP contribution >= 0.6 is 0 Å². The third-order valence-electron chi connectivity index (χ3n) is 3.18. The number of hydrogen-bond donors (Lipinski definition) is 1. The van der Waals surface area contributed by atoms with E-state index >= 15 is 0 Å². The standard InChI is InChI=1S/C14H15NO3/c16-14(8-2-1-3-9-14)10-7-12-5-4-6-13(11-12)15(17)18/h4-6,11,16H,1-3,8-9H2. The number of rotatable bonds is 1. The minimum atomic E-state index is -0.914. The topological polar surface area (TPSA) is 63.4 Å². The second-order valence-electron chi connectivity index (χ2n) is 4.65. The molecule has 0 radical (unpaired) electrons. The van der Waals surface area contributed by atoms with E-state index in [1.54, 1.807) is 12.1 Å². The van der Waals surface area contributed by atoms with Crippen LogP contribution in [0.5, 0.6) is 0 Å². The minimum absolute atomic E-state index is 0.0254. The van der Waals surface area contributed by atoms with Crippen LogP contribution in [0.3, 0.4) is 0 Å². The smallest absolute Gasteiger partial charge is 0.270 e. The van der Waals surface area contributed by atoms with Crippen molar-refractivity contribution < 1.29 is 10.0 Å². The molecule has 1 fully saturated rings. The highest BCUT2D eigenvalue weighted by Crippen LogP contribution is 2.27. The maximum atomic E-state index is 10.6. The molecular formula is C14H15NO3. The average molecular weight is 245 g/mol. The molecule has 0 bridgehead atoms. The predicted octanol–water partition coefficient (Wildman–Crippen LogP) is 2.64. The SMILES string of the molecule is O=[N+]([O-])c1cccc(C#CC2(O)CCCCC2)c1. The van der Waals surface area contributed by atoms with Crippen LogP contribution in [0.2, 0.25) is 0 Å². The van der Waals surface area contributed by atoms with E-state index in [1.165, 1.54) is 12.1 Å². The summed E-state index contributed by atoms with van der Waals surface area (Å²) >= 11 is 0. The Bertz CT molecular complexity index is 507. The normalized spacial score (nSPS) is 17.6. The van der Waals surface area contributed by atoms with E-state index in [0.29, 0.717) is 18.4 Å². The van der Waals surface area contributed by atoms with Gasteiger partial charge < -0.3 is 5.11 Å². The van der Waals surface area contributed by atoms with E-state index < -0.39 is 10.5 Å². The second-order valence-corrected chi connectivity index (χ2v) is 4.65. The Kier molecular flexibility index (Phi) is 3.63. The molecule has 0 heterocycles. The van der Waals surface area contributed by atoms with Gasteiger partial charge in [0.1, 0.15) is 5.60 Å². The Hall–Kier alpha value is -1.86. The van der Waals surface area contributed by atoms with Crippen LogP contribution in [0.15, 0.2) is 24.3 Å². The molecule has 0 amide bonds. The van der Waals surface area contributed by atoms with Crippen molar-refractivity contribution in [3.63, 3.8) is 0 Å². The van der Waals surface area contributed by atoms with Crippen molar-refractivity contribution >= 4 is 5.69 Å². The maximum absolute atomic E-state index is 10.6. The minimum Gasteiger partial charge on any atom is -0.378 e. The molecule has 1 aromatic carbocycles. The van der Waals surface area contributed by atoms with Crippen molar-refractivity contribution in [1.29, 1.82) is 0 Å². The Morgan fingerprint density at radius 1 is 1.28 bits per heavy atom. The van der Waals surface area contributed by atoms with E-state index in [-0.39, 0.29) is 5.69 Å². The van der Waals surface area contributed by atoms with Gasteiger partial charge in [0.05, 0.1) is 4.92 Å². The number of nitro benzene ring substituents is 1. The first kappa shape index (κ1) is 12.6. The average Bonchev–Trinajstić information content (AvgIpc) is 2.38. The number of nitrogens with zero attached hydrogens (tertiary/aromatic N) is 1. The van der Waals surface area contributed by atoms with Crippen molar-refractivity contribution in [3.05, 3.63) is 39.9 Å². The van der Waals surface area contributed by atoms with Crippen LogP contribution < -0.4 is 0 Å². The fraction of sp³-hybridized carbons (Fsp3) is 0.429. The van der Waals surface area contributed by atoms with Gasteiger partial charge in [-0.15, -0.1) is 0 Å². The largest absolute Gasteiger partial charge is 0.378 e. The maximum Gasteiger partial charge on any atom is 0.270 e. The third kappa shape index (κ3) is 3.08. The lowest BCUT2D eigenvalue weighted by Crippen LogP contribution is -2.29. The summed E-state index contributed by atoms with van der Waals surface area (Å²) in [4.78, 5) is 10.2. The first-order valence-corrected chi connectivity index (χ1v) is 6.09. The van der Waals surface area contributed by atoms with E-state index in [4.69, 9.17) is 0 Å². The molecule has 4 nitrogen and oxygen atoms in total. The Morgan fingerprint density at radius 3 is 2.67 bits per heavy atom. The van der Waals surface area contributed by atoms with E-state index in [1.807, 2.05) is 0 Å². The molecule has 1 aliphatic rings. The van der Waals surface area contributed by atoms with E-state index in [0.717, 1.165) is 19.3 Å². The van der Waals surface area contributed by atoms with Gasteiger partial charge in [-0.3, -0.25) is 10.1 Å². The van der Waals surface area contributed by atoms with Crippen LogP contribution in [0, 0.1) is 22.0 Å². The van der Waals surface area contributed by atoms with Gasteiger partial charge in [-0.2, -0.15) is 0 Å². The molecule has 1 aromatic rings. The molecule has 0 spiro atoms. The summed E-state index contributed by atoms with van der Waals surface area (Å²) in [5, 5.41) is 20.8. The molecule has 0 aliphatic heterocycles. The van der Waals surface area contributed by atoms with Gasteiger partial charge in [-0.1, -0.05) is 24.3 Å². The molecule has 4 heteroatoms. The van der Waals surface area contributed by atoms with Crippen molar-refractivity contribution in [2.75, 3.05) is 0 Å². The summed E-state index contributed by atoms with van der Waals surface area (Å²) in [5.41, 5.74) is -0.316. The number of hydrogen-bond acceptors (Lipinski definition) is 3. The zero-order valence-electron chi connectivity index (χ0n) is 10.1. The van der Waals surface area contributed by atoms with Gasteiger partial charge in [-0.05, 0) is 31.7 Å². The van der Waals surface area contributed by atoms with Crippen molar-refractivity contribution in [1.82, 2.24) is 0 Å². The molecule has 94 valence electrons. The predicted molar refractivity (Wildman–Crippen MR) is 68.0 cm³/mol. The van der Waals surface area contributed by atoms with Gasteiger partial charge in [0.15, 0.2) is 0 Å². The van der Waals surface area contributed by atoms with Crippen LogP contribution in [-0.2, 0) is 0 Å². The zero-order valence-corrected chi connectivity index (χ0v) is 10.1. The molecule has 1 saturated carbocycles. The van der Waals surface area contributed by atoms with Gasteiger partial charge in [0.2, 0.25) is 0 Å². The quantitative estimate of drug-likeness (QED) is 0.470. The lowest BCUT2D eigenvalue weighted by molar-refractivity contribution is -0.384. The Morgan fingerprint density at radius 2 is 2.00 bits per heavy atom. The summed E-state index contributed by atoms with van der Waals surface area (Å²) in [6.07, 6.45) is 4.49. The van der Waals surface area contributed by atoms with Crippen molar-refractivity contribution in [2.45, 2.75) is 37.7 Å². The second kappa shape index (κ2) is 5.19. The third-order valence-corrected chi connectivity index (χ3v) is 3.18. The molecule has 2 rings (SSSR count). The van der Waals surface area contributed by atoms with Crippen LogP contribution in [0.1, 0.15) is 37.7 Å². The highest BCUT2D eigenvalue weighted by molar-refractivity contribution is 5.44. The van der Waals surface area contributed by atoms with Gasteiger partial charge in [0, 0.05) is 17.7 Å². The van der Waals surface area contributed by atoms with Crippen molar-refractivity contribution in [3.8, 4) is 11.8 Å². The fourth-order valence-electron chi connectivity index (χ4n) is 2.15. The molecule has 0 saturated heterocycles. The first-order valence-electron chi connectivity index (χ1n) is 6.09. The summed E-state index contributed by atoms with van der Waals surface area (Å²) in [6, 6.07) is 6.18. The van der Waals surface area contributed by atoms with Gasteiger partial charge in [-0.25, -0.2) is 0 Å². The van der Waals surface area contributed by atoms with Gasteiger partial charge >= 0.3 is 0 Å². The number of benzene rings is 1. The number of aliphatic hydroxyl groups is 1. The number of non-ortho nitro benzene ring substituents is 1. The zero-order chi connectivity index (χ0) is 13.0.